The van der Waals surface area contributed by atoms with Crippen molar-refractivity contribution in [2.24, 2.45) is 5.92 Å². The molecule has 0 aromatic heterocycles. The van der Waals surface area contributed by atoms with E-state index in [0.29, 0.717) is 43.7 Å². The first-order valence-electron chi connectivity index (χ1n) is 9.35. The molecule has 2 aromatic carbocycles. The summed E-state index contributed by atoms with van der Waals surface area (Å²) in [5, 5.41) is 20.3. The Hall–Kier alpha value is -3.40. The van der Waals surface area contributed by atoms with Crippen LogP contribution in [0.25, 0.3) is 0 Å². The lowest BCUT2D eigenvalue weighted by atomic mass is 9.94. The maximum Gasteiger partial charge on any atom is 0.270 e. The number of non-ortho nitro benzene ring substituents is 1. The number of nitro groups is 1. The molecule has 7 heteroatoms. The van der Waals surface area contributed by atoms with Gasteiger partial charge in [0.05, 0.1) is 16.2 Å². The van der Waals surface area contributed by atoms with Gasteiger partial charge in [0.2, 0.25) is 5.91 Å². The van der Waals surface area contributed by atoms with Crippen molar-refractivity contribution in [2.45, 2.75) is 19.8 Å². The molecule has 2 aromatic rings. The Kier molecular flexibility index (Phi) is 5.90. The van der Waals surface area contributed by atoms with E-state index in [2.05, 4.69) is 0 Å². The van der Waals surface area contributed by atoms with E-state index in [1.165, 1.54) is 12.1 Å². The second-order valence-electron chi connectivity index (χ2n) is 6.75. The van der Waals surface area contributed by atoms with Gasteiger partial charge in [-0.25, -0.2) is 0 Å². The van der Waals surface area contributed by atoms with Crippen LogP contribution in [0.2, 0.25) is 0 Å². The lowest BCUT2D eigenvalue weighted by Crippen LogP contribution is -2.43. The Labute approximate surface area is 163 Å². The first-order valence-corrected chi connectivity index (χ1v) is 9.35. The third-order valence-corrected chi connectivity index (χ3v) is 5.15. The van der Waals surface area contributed by atoms with Crippen molar-refractivity contribution in [3.8, 4) is 6.07 Å². The zero-order valence-electron chi connectivity index (χ0n) is 15.7. The van der Waals surface area contributed by atoms with Crippen LogP contribution in [0.4, 0.5) is 17.1 Å². The highest BCUT2D eigenvalue weighted by Crippen LogP contribution is 2.30. The number of para-hydroxylation sites is 1. The predicted molar refractivity (Wildman–Crippen MR) is 107 cm³/mol. The van der Waals surface area contributed by atoms with Gasteiger partial charge in [-0.1, -0.05) is 18.2 Å². The standard InChI is InChI=1S/C21H22N4O3/c1-2-24(18-6-4-3-5-7-18)21(26)16-10-12-23(13-11-16)20-9-8-19(25(27)28)14-17(20)15-22/h3-9,14,16H,2,10-13H2,1H3. The van der Waals surface area contributed by atoms with Crippen LogP contribution in [0.5, 0.6) is 0 Å². The average molecular weight is 378 g/mol. The van der Waals surface area contributed by atoms with Crippen LogP contribution < -0.4 is 9.80 Å². The van der Waals surface area contributed by atoms with Crippen LogP contribution in [0.3, 0.4) is 0 Å². The van der Waals surface area contributed by atoms with E-state index in [9.17, 15) is 20.2 Å². The molecular formula is C21H22N4O3. The Morgan fingerprint density at radius 1 is 1.25 bits per heavy atom. The van der Waals surface area contributed by atoms with Crippen LogP contribution >= 0.6 is 0 Å². The van der Waals surface area contributed by atoms with Gasteiger partial charge in [0, 0.05) is 43.4 Å². The summed E-state index contributed by atoms with van der Waals surface area (Å²) in [6, 6.07) is 16.0. The van der Waals surface area contributed by atoms with Crippen LogP contribution in [0.1, 0.15) is 25.3 Å². The molecule has 1 amide bonds. The largest absolute Gasteiger partial charge is 0.370 e. The molecule has 0 unspecified atom stereocenters. The topological polar surface area (TPSA) is 90.5 Å². The monoisotopic (exact) mass is 378 g/mol. The molecule has 0 spiro atoms. The summed E-state index contributed by atoms with van der Waals surface area (Å²) in [6.07, 6.45) is 1.37. The second kappa shape index (κ2) is 8.53. The van der Waals surface area contributed by atoms with Crippen molar-refractivity contribution in [1.82, 2.24) is 0 Å². The molecule has 0 saturated carbocycles. The first-order chi connectivity index (χ1) is 13.5. The fraction of sp³-hybridized carbons (Fsp3) is 0.333. The van der Waals surface area contributed by atoms with Gasteiger partial charge in [0.1, 0.15) is 6.07 Å². The third-order valence-electron chi connectivity index (χ3n) is 5.15. The number of carbonyl (C=O) groups is 1. The normalized spacial score (nSPS) is 14.4. The van der Waals surface area contributed by atoms with Crippen LogP contribution in [0, 0.1) is 27.4 Å². The fourth-order valence-corrected chi connectivity index (χ4v) is 3.66. The predicted octanol–water partition coefficient (Wildman–Crippen LogP) is 3.74. The number of nitriles is 1. The van der Waals surface area contributed by atoms with Crippen molar-refractivity contribution in [1.29, 1.82) is 5.26 Å². The molecular weight excluding hydrogens is 356 g/mol. The number of hydrogen-bond acceptors (Lipinski definition) is 5. The van der Waals surface area contributed by atoms with E-state index in [0.717, 1.165) is 5.69 Å². The molecule has 0 N–H and O–H groups in total. The van der Waals surface area contributed by atoms with Crippen molar-refractivity contribution in [3.05, 3.63) is 64.2 Å². The van der Waals surface area contributed by atoms with E-state index in [1.54, 1.807) is 6.07 Å². The van der Waals surface area contributed by atoms with E-state index < -0.39 is 4.92 Å². The molecule has 144 valence electrons. The van der Waals surface area contributed by atoms with Gasteiger partial charge in [0.25, 0.3) is 5.69 Å². The zero-order chi connectivity index (χ0) is 20.1. The summed E-state index contributed by atoms with van der Waals surface area (Å²) < 4.78 is 0. The number of amides is 1. The highest BCUT2D eigenvalue weighted by Gasteiger charge is 2.29. The minimum absolute atomic E-state index is 0.0695. The molecule has 0 atom stereocenters. The fourth-order valence-electron chi connectivity index (χ4n) is 3.66. The van der Waals surface area contributed by atoms with Gasteiger partial charge >= 0.3 is 0 Å². The number of hydrogen-bond donors (Lipinski definition) is 0. The molecule has 0 radical (unpaired) electrons. The first kappa shape index (κ1) is 19.4. The van der Waals surface area contributed by atoms with Gasteiger partial charge in [-0.3, -0.25) is 14.9 Å². The molecule has 1 saturated heterocycles. The number of anilines is 2. The number of benzene rings is 2. The Morgan fingerprint density at radius 2 is 1.93 bits per heavy atom. The number of nitro benzene ring substituents is 1. The number of carbonyl (C=O) groups excluding carboxylic acids is 1. The minimum atomic E-state index is -0.502. The van der Waals surface area contributed by atoms with Crippen LogP contribution in [-0.4, -0.2) is 30.5 Å². The summed E-state index contributed by atoms with van der Waals surface area (Å²) in [6.45, 7) is 3.85. The van der Waals surface area contributed by atoms with Crippen LogP contribution in [0.15, 0.2) is 48.5 Å². The van der Waals surface area contributed by atoms with Crippen molar-refractivity contribution >= 4 is 23.0 Å². The lowest BCUT2D eigenvalue weighted by molar-refractivity contribution is -0.384. The van der Waals surface area contributed by atoms with E-state index in [1.807, 2.05) is 53.1 Å². The van der Waals surface area contributed by atoms with Gasteiger partial charge in [-0.2, -0.15) is 5.26 Å². The maximum atomic E-state index is 13.0. The smallest absolute Gasteiger partial charge is 0.270 e. The van der Waals surface area contributed by atoms with Gasteiger partial charge < -0.3 is 9.80 Å². The highest BCUT2D eigenvalue weighted by molar-refractivity contribution is 5.95. The Morgan fingerprint density at radius 3 is 2.50 bits per heavy atom. The zero-order valence-corrected chi connectivity index (χ0v) is 15.7. The number of rotatable bonds is 5. The van der Waals surface area contributed by atoms with E-state index in [-0.39, 0.29) is 17.5 Å². The molecule has 7 nitrogen and oxygen atoms in total. The molecule has 28 heavy (non-hydrogen) atoms. The summed E-state index contributed by atoms with van der Waals surface area (Å²) in [5.41, 5.74) is 1.79. The molecule has 1 heterocycles. The molecule has 1 fully saturated rings. The van der Waals surface area contributed by atoms with Gasteiger partial charge in [0.15, 0.2) is 0 Å². The Balaban J connectivity index is 1.70. The van der Waals surface area contributed by atoms with Crippen molar-refractivity contribution in [2.75, 3.05) is 29.4 Å². The Bertz CT molecular complexity index is 900. The van der Waals surface area contributed by atoms with E-state index >= 15 is 0 Å². The summed E-state index contributed by atoms with van der Waals surface area (Å²) >= 11 is 0. The SMILES string of the molecule is CCN(C(=O)C1CCN(c2ccc([N+](=O)[O-])cc2C#N)CC1)c1ccccc1. The van der Waals surface area contributed by atoms with Gasteiger partial charge in [-0.15, -0.1) is 0 Å². The summed E-state index contributed by atoms with van der Waals surface area (Å²) in [7, 11) is 0. The van der Waals surface area contributed by atoms with E-state index in [4.69, 9.17) is 0 Å². The van der Waals surface area contributed by atoms with Crippen LogP contribution in [-0.2, 0) is 4.79 Å². The molecule has 1 aliphatic heterocycles. The molecule has 3 rings (SSSR count). The molecule has 1 aliphatic rings. The summed E-state index contributed by atoms with van der Waals surface area (Å²) in [5.74, 6) is 0.0533. The van der Waals surface area contributed by atoms with Gasteiger partial charge in [-0.05, 0) is 38.0 Å². The minimum Gasteiger partial charge on any atom is -0.370 e. The second-order valence-corrected chi connectivity index (χ2v) is 6.75. The molecule has 0 bridgehead atoms. The lowest BCUT2D eigenvalue weighted by Gasteiger charge is -2.35. The highest BCUT2D eigenvalue weighted by atomic mass is 16.6. The maximum absolute atomic E-state index is 13.0. The number of nitrogens with zero attached hydrogens (tertiary/aromatic N) is 4. The summed E-state index contributed by atoms with van der Waals surface area (Å²) in [4.78, 5) is 27.3. The third kappa shape index (κ3) is 3.96. The quantitative estimate of drug-likeness (QED) is 0.584. The average Bonchev–Trinajstić information content (AvgIpc) is 2.74. The number of piperidine rings is 1. The van der Waals surface area contributed by atoms with Crippen molar-refractivity contribution < 1.29 is 9.72 Å². The van der Waals surface area contributed by atoms with Crippen molar-refractivity contribution in [3.63, 3.8) is 0 Å². The molecule has 0 aliphatic carbocycles.